The maximum Gasteiger partial charge on any atom is 0.186 e. The summed E-state index contributed by atoms with van der Waals surface area (Å²) in [6, 6.07) is 0. The largest absolute Gasteiger partial charge is 0.394 e. The Hall–Kier alpha value is -0.240. The third-order valence-electron chi connectivity index (χ3n) is 6.13. The minimum absolute atomic E-state index is 0.427. The van der Waals surface area contributed by atoms with Crippen LogP contribution in [-0.4, -0.2) is 64.3 Å². The molecule has 0 aromatic rings. The Bertz CT molecular complexity index is 379. The van der Waals surface area contributed by atoms with Crippen LogP contribution in [0.15, 0.2) is 0 Å². The van der Waals surface area contributed by atoms with Gasteiger partial charge in [-0.25, -0.2) is 0 Å². The monoisotopic (exact) mass is 432 g/mol. The highest BCUT2D eigenvalue weighted by molar-refractivity contribution is 4.88. The molecule has 0 aliphatic carbocycles. The molecule has 4 N–H and O–H groups in total. The van der Waals surface area contributed by atoms with Gasteiger partial charge in [-0.15, -0.1) is 0 Å². The Labute approximate surface area is 184 Å². The lowest BCUT2D eigenvalue weighted by molar-refractivity contribution is -0.301. The lowest BCUT2D eigenvalue weighted by Gasteiger charge is -2.39. The van der Waals surface area contributed by atoms with Crippen LogP contribution in [0.2, 0.25) is 0 Å². The summed E-state index contributed by atoms with van der Waals surface area (Å²) in [7, 11) is 0. The van der Waals surface area contributed by atoms with Crippen LogP contribution in [0.4, 0.5) is 0 Å². The summed E-state index contributed by atoms with van der Waals surface area (Å²) in [5, 5.41) is 38.6. The van der Waals surface area contributed by atoms with Gasteiger partial charge in [0.1, 0.15) is 24.4 Å². The lowest BCUT2D eigenvalue weighted by Crippen LogP contribution is -2.59. The molecule has 0 amide bonds. The van der Waals surface area contributed by atoms with Gasteiger partial charge in [-0.2, -0.15) is 0 Å². The van der Waals surface area contributed by atoms with E-state index in [1.54, 1.807) is 0 Å². The average molecular weight is 433 g/mol. The second-order valence-electron chi connectivity index (χ2n) is 8.87. The van der Waals surface area contributed by atoms with Crippen LogP contribution in [0, 0.1) is 0 Å². The first-order valence-corrected chi connectivity index (χ1v) is 12.5. The molecule has 0 saturated carbocycles. The molecule has 1 fully saturated rings. The SMILES string of the molecule is CCCCCCCCCCCCCCCCCCOC1O[C@H](CO)[C@H](O)[C@H](O)[C@H]1O. The summed E-state index contributed by atoms with van der Waals surface area (Å²) < 4.78 is 10.8. The molecule has 1 heterocycles. The molecule has 1 aliphatic rings. The summed E-state index contributed by atoms with van der Waals surface area (Å²) >= 11 is 0. The van der Waals surface area contributed by atoms with Crippen LogP contribution >= 0.6 is 0 Å². The van der Waals surface area contributed by atoms with Gasteiger partial charge in [0.15, 0.2) is 6.29 Å². The van der Waals surface area contributed by atoms with Crippen LogP contribution in [0.1, 0.15) is 110 Å². The number of aliphatic hydroxyl groups is 4. The summed E-state index contributed by atoms with van der Waals surface area (Å²) in [5.74, 6) is 0. The second kappa shape index (κ2) is 18.3. The van der Waals surface area contributed by atoms with Crippen molar-refractivity contribution < 1.29 is 29.9 Å². The fourth-order valence-electron chi connectivity index (χ4n) is 4.05. The zero-order valence-corrected chi connectivity index (χ0v) is 19.2. The first kappa shape index (κ1) is 27.8. The molecule has 1 unspecified atom stereocenters. The normalized spacial score (nSPS) is 26.9. The van der Waals surface area contributed by atoms with Crippen LogP contribution in [-0.2, 0) is 9.47 Å². The molecule has 1 saturated heterocycles. The van der Waals surface area contributed by atoms with Crippen LogP contribution < -0.4 is 0 Å². The van der Waals surface area contributed by atoms with Gasteiger partial charge in [0.2, 0.25) is 0 Å². The fourth-order valence-corrected chi connectivity index (χ4v) is 4.05. The second-order valence-corrected chi connectivity index (χ2v) is 8.87. The summed E-state index contributed by atoms with van der Waals surface area (Å²) in [5.41, 5.74) is 0. The molecule has 0 radical (unpaired) electrons. The van der Waals surface area contributed by atoms with E-state index in [0.29, 0.717) is 6.61 Å². The Morgan fingerprint density at radius 1 is 0.600 bits per heavy atom. The van der Waals surface area contributed by atoms with E-state index >= 15 is 0 Å². The molecule has 5 atom stereocenters. The van der Waals surface area contributed by atoms with E-state index in [9.17, 15) is 20.4 Å². The number of ether oxygens (including phenoxy) is 2. The van der Waals surface area contributed by atoms with Gasteiger partial charge in [-0.1, -0.05) is 103 Å². The molecule has 0 aromatic heterocycles. The van der Waals surface area contributed by atoms with E-state index < -0.39 is 37.3 Å². The zero-order valence-electron chi connectivity index (χ0n) is 19.2. The maximum absolute atomic E-state index is 9.91. The first-order chi connectivity index (χ1) is 14.6. The van der Waals surface area contributed by atoms with Crippen molar-refractivity contribution in [3.8, 4) is 0 Å². The van der Waals surface area contributed by atoms with Crippen molar-refractivity contribution in [1.82, 2.24) is 0 Å². The van der Waals surface area contributed by atoms with Gasteiger partial charge in [0, 0.05) is 6.61 Å². The van der Waals surface area contributed by atoms with E-state index in [2.05, 4.69) is 6.92 Å². The maximum atomic E-state index is 9.91. The van der Waals surface area contributed by atoms with Crippen LogP contribution in [0.3, 0.4) is 0 Å². The van der Waals surface area contributed by atoms with Crippen molar-refractivity contribution >= 4 is 0 Å². The van der Waals surface area contributed by atoms with Crippen molar-refractivity contribution in [3.05, 3.63) is 0 Å². The van der Waals surface area contributed by atoms with Crippen LogP contribution in [0.25, 0.3) is 0 Å². The Kier molecular flexibility index (Phi) is 17.0. The van der Waals surface area contributed by atoms with Crippen molar-refractivity contribution in [2.24, 2.45) is 0 Å². The molecule has 0 aromatic carbocycles. The topological polar surface area (TPSA) is 99.4 Å². The molecular weight excluding hydrogens is 384 g/mol. The van der Waals surface area contributed by atoms with Gasteiger partial charge in [-0.3, -0.25) is 0 Å². The van der Waals surface area contributed by atoms with Gasteiger partial charge in [0.25, 0.3) is 0 Å². The molecule has 0 bridgehead atoms. The van der Waals surface area contributed by atoms with Crippen LogP contribution in [0.5, 0.6) is 0 Å². The van der Waals surface area contributed by atoms with Gasteiger partial charge in [-0.05, 0) is 6.42 Å². The van der Waals surface area contributed by atoms with Crippen molar-refractivity contribution in [1.29, 1.82) is 0 Å². The van der Waals surface area contributed by atoms with Gasteiger partial charge in [0.05, 0.1) is 6.61 Å². The summed E-state index contributed by atoms with van der Waals surface area (Å²) in [6.07, 6.45) is 15.0. The number of hydrogen-bond acceptors (Lipinski definition) is 6. The molecule has 1 aliphatic heterocycles. The first-order valence-electron chi connectivity index (χ1n) is 12.5. The van der Waals surface area contributed by atoms with Gasteiger partial charge >= 0.3 is 0 Å². The Balaban J connectivity index is 1.85. The molecule has 180 valence electrons. The minimum Gasteiger partial charge on any atom is -0.394 e. The Morgan fingerprint density at radius 2 is 1.03 bits per heavy atom. The van der Waals surface area contributed by atoms with Gasteiger partial charge < -0.3 is 29.9 Å². The van der Waals surface area contributed by atoms with E-state index in [-0.39, 0.29) is 0 Å². The highest BCUT2D eigenvalue weighted by Crippen LogP contribution is 2.22. The third-order valence-corrected chi connectivity index (χ3v) is 6.13. The summed E-state index contributed by atoms with van der Waals surface area (Å²) in [6.45, 7) is 2.27. The highest BCUT2D eigenvalue weighted by Gasteiger charge is 2.43. The average Bonchev–Trinajstić information content (AvgIpc) is 2.75. The molecular formula is C24H48O6. The predicted molar refractivity (Wildman–Crippen MR) is 119 cm³/mol. The lowest BCUT2D eigenvalue weighted by atomic mass is 9.99. The number of aliphatic hydroxyl groups excluding tert-OH is 4. The number of rotatable bonds is 19. The minimum atomic E-state index is -1.37. The predicted octanol–water partition coefficient (Wildman–Crippen LogP) is 4.06. The Morgan fingerprint density at radius 3 is 1.47 bits per heavy atom. The van der Waals surface area contributed by atoms with E-state index in [1.165, 1.54) is 89.9 Å². The highest BCUT2D eigenvalue weighted by atomic mass is 16.7. The van der Waals surface area contributed by atoms with Crippen molar-refractivity contribution in [2.45, 2.75) is 140 Å². The van der Waals surface area contributed by atoms with Crippen molar-refractivity contribution in [3.63, 3.8) is 0 Å². The quantitative estimate of drug-likeness (QED) is 0.230. The van der Waals surface area contributed by atoms with Crippen molar-refractivity contribution in [2.75, 3.05) is 13.2 Å². The molecule has 1 rings (SSSR count). The van der Waals surface area contributed by atoms with E-state index in [0.717, 1.165) is 12.8 Å². The molecule has 6 nitrogen and oxygen atoms in total. The molecule has 0 spiro atoms. The number of unbranched alkanes of at least 4 members (excludes halogenated alkanes) is 15. The third kappa shape index (κ3) is 12.0. The number of hydrogen-bond donors (Lipinski definition) is 4. The molecule has 6 heteroatoms. The fraction of sp³-hybridized carbons (Fsp3) is 1.00. The summed E-state index contributed by atoms with van der Waals surface area (Å²) in [4.78, 5) is 0. The molecule has 30 heavy (non-hydrogen) atoms. The smallest absolute Gasteiger partial charge is 0.186 e. The standard InChI is InChI=1S/C24H48O6/c1-2-3-4-5-6-7-8-9-10-11-12-13-14-15-16-17-18-29-24-23(28)22(27)21(26)20(19-25)30-24/h20-28H,2-19H2,1H3/t20-,21+,22+,23-,24?/m1/s1. The zero-order chi connectivity index (χ0) is 22.0. The van der Waals surface area contributed by atoms with E-state index in [1.807, 2.05) is 0 Å². The van der Waals surface area contributed by atoms with E-state index in [4.69, 9.17) is 9.47 Å².